The highest BCUT2D eigenvalue weighted by molar-refractivity contribution is 7.89. The molecule has 8 nitrogen and oxygen atoms in total. The Morgan fingerprint density at radius 1 is 1.00 bits per heavy atom. The molecule has 0 atom stereocenters. The zero-order valence-corrected chi connectivity index (χ0v) is 19.2. The Labute approximate surface area is 193 Å². The molecule has 2 aromatic carbocycles. The highest BCUT2D eigenvalue weighted by Gasteiger charge is 2.36. The number of carbonyl (C=O) groups is 1. The topological polar surface area (TPSA) is 94.2 Å². The lowest BCUT2D eigenvalue weighted by Gasteiger charge is -2.38. The third kappa shape index (κ3) is 4.32. The number of rotatable bonds is 6. The molecule has 0 bridgehead atoms. The molecule has 33 heavy (non-hydrogen) atoms. The maximum absolute atomic E-state index is 13.1. The zero-order valence-electron chi connectivity index (χ0n) is 18.4. The van der Waals surface area contributed by atoms with Gasteiger partial charge in [-0.25, -0.2) is 8.42 Å². The highest BCUT2D eigenvalue weighted by Crippen LogP contribution is 2.40. The molecule has 1 amide bonds. The van der Waals surface area contributed by atoms with E-state index in [2.05, 4.69) is 5.32 Å². The van der Waals surface area contributed by atoms with Crippen molar-refractivity contribution in [3.05, 3.63) is 53.6 Å². The first-order valence-corrected chi connectivity index (χ1v) is 12.8. The first kappa shape index (κ1) is 22.2. The van der Waals surface area contributed by atoms with Gasteiger partial charge < -0.3 is 19.5 Å². The van der Waals surface area contributed by atoms with Gasteiger partial charge in [0.05, 0.1) is 4.90 Å². The third-order valence-electron chi connectivity index (χ3n) is 6.82. The fraction of sp³-hybridized carbons (Fsp3) is 0.458. The lowest BCUT2D eigenvalue weighted by Crippen LogP contribution is -2.44. The molecule has 0 unspecified atom stereocenters. The first-order chi connectivity index (χ1) is 16.0. The standard InChI is InChI=1S/C24H28N2O6S/c27-23(18-4-3-5-20(14-18)33(28,29)26-10-1-2-11-26)25-16-24(8-12-30-13-9-24)19-6-7-21-22(15-19)32-17-31-21/h3-7,14-15H,1-2,8-13,16-17H2,(H,25,27). The van der Waals surface area contributed by atoms with Gasteiger partial charge in [-0.15, -0.1) is 0 Å². The summed E-state index contributed by atoms with van der Waals surface area (Å²) >= 11 is 0. The van der Waals surface area contributed by atoms with E-state index >= 15 is 0 Å². The van der Waals surface area contributed by atoms with Crippen LogP contribution in [0.15, 0.2) is 47.4 Å². The van der Waals surface area contributed by atoms with E-state index in [1.165, 1.54) is 10.4 Å². The molecule has 0 saturated carbocycles. The van der Waals surface area contributed by atoms with Gasteiger partial charge in [0.1, 0.15) is 0 Å². The number of amides is 1. The Balaban J connectivity index is 1.35. The summed E-state index contributed by atoms with van der Waals surface area (Å²) in [6.45, 7) is 2.89. The van der Waals surface area contributed by atoms with Crippen molar-refractivity contribution < 1.29 is 27.4 Å². The maximum Gasteiger partial charge on any atom is 0.251 e. The molecule has 5 rings (SSSR count). The van der Waals surface area contributed by atoms with Crippen molar-refractivity contribution in [3.63, 3.8) is 0 Å². The molecule has 3 aliphatic rings. The fourth-order valence-electron chi connectivity index (χ4n) is 4.78. The van der Waals surface area contributed by atoms with E-state index in [1.54, 1.807) is 18.2 Å². The molecule has 3 heterocycles. The SMILES string of the molecule is O=C(NCC1(c2ccc3c(c2)OCO3)CCOCC1)c1cccc(S(=O)(=O)N2CCCC2)c1. The number of nitrogens with zero attached hydrogens (tertiary/aromatic N) is 1. The molecule has 0 aromatic heterocycles. The highest BCUT2D eigenvalue weighted by atomic mass is 32.2. The second-order valence-corrected chi connectivity index (χ2v) is 10.7. The summed E-state index contributed by atoms with van der Waals surface area (Å²) in [5, 5.41) is 3.05. The van der Waals surface area contributed by atoms with Crippen LogP contribution >= 0.6 is 0 Å². The Kier molecular flexibility index (Phi) is 6.03. The van der Waals surface area contributed by atoms with Crippen molar-refractivity contribution in [1.82, 2.24) is 9.62 Å². The van der Waals surface area contributed by atoms with Crippen LogP contribution < -0.4 is 14.8 Å². The molecule has 2 aromatic rings. The van der Waals surface area contributed by atoms with Crippen LogP contribution in [0.4, 0.5) is 0 Å². The second-order valence-electron chi connectivity index (χ2n) is 8.78. The molecular formula is C24H28N2O6S. The van der Waals surface area contributed by atoms with Crippen molar-refractivity contribution in [2.45, 2.75) is 36.0 Å². The lowest BCUT2D eigenvalue weighted by atomic mass is 9.74. The van der Waals surface area contributed by atoms with Crippen molar-refractivity contribution in [1.29, 1.82) is 0 Å². The number of hydrogen-bond donors (Lipinski definition) is 1. The van der Waals surface area contributed by atoms with Gasteiger partial charge in [-0.05, 0) is 61.6 Å². The normalized spacial score (nSPS) is 20.0. The van der Waals surface area contributed by atoms with Crippen molar-refractivity contribution in [2.75, 3.05) is 39.6 Å². The molecular weight excluding hydrogens is 444 g/mol. The van der Waals surface area contributed by atoms with Crippen LogP contribution in [0.2, 0.25) is 0 Å². The summed E-state index contributed by atoms with van der Waals surface area (Å²) in [6.07, 6.45) is 3.25. The molecule has 176 valence electrons. The van der Waals surface area contributed by atoms with Crippen LogP contribution in [0, 0.1) is 0 Å². The van der Waals surface area contributed by atoms with Crippen LogP contribution in [-0.2, 0) is 20.2 Å². The molecule has 0 spiro atoms. The van der Waals surface area contributed by atoms with Crippen molar-refractivity contribution in [2.24, 2.45) is 0 Å². The predicted molar refractivity (Wildman–Crippen MR) is 121 cm³/mol. The van der Waals surface area contributed by atoms with Gasteiger partial charge in [0.15, 0.2) is 11.5 Å². The quantitative estimate of drug-likeness (QED) is 0.695. The first-order valence-electron chi connectivity index (χ1n) is 11.3. The van der Waals surface area contributed by atoms with Crippen LogP contribution in [0.3, 0.4) is 0 Å². The monoisotopic (exact) mass is 472 g/mol. The van der Waals surface area contributed by atoms with Crippen LogP contribution in [0.1, 0.15) is 41.6 Å². The van der Waals surface area contributed by atoms with E-state index in [9.17, 15) is 13.2 Å². The number of nitrogens with one attached hydrogen (secondary N) is 1. The Morgan fingerprint density at radius 2 is 1.76 bits per heavy atom. The average Bonchev–Trinajstić information content (AvgIpc) is 3.55. The van der Waals surface area contributed by atoms with Gasteiger partial charge in [-0.1, -0.05) is 12.1 Å². The van der Waals surface area contributed by atoms with Crippen LogP contribution in [0.25, 0.3) is 0 Å². The summed E-state index contributed by atoms with van der Waals surface area (Å²) in [7, 11) is -3.58. The molecule has 0 aliphatic carbocycles. The van der Waals surface area contributed by atoms with Crippen LogP contribution in [-0.4, -0.2) is 58.3 Å². The molecule has 3 aliphatic heterocycles. The van der Waals surface area contributed by atoms with Crippen LogP contribution in [0.5, 0.6) is 11.5 Å². The smallest absolute Gasteiger partial charge is 0.251 e. The van der Waals surface area contributed by atoms with E-state index in [0.29, 0.717) is 44.2 Å². The predicted octanol–water partition coefficient (Wildman–Crippen LogP) is 2.68. The lowest BCUT2D eigenvalue weighted by molar-refractivity contribution is 0.0486. The van der Waals surface area contributed by atoms with Gasteiger partial charge in [0.2, 0.25) is 16.8 Å². The Morgan fingerprint density at radius 3 is 2.55 bits per heavy atom. The summed E-state index contributed by atoms with van der Waals surface area (Å²) in [6, 6.07) is 12.2. The Hall–Kier alpha value is -2.62. The van der Waals surface area contributed by atoms with Gasteiger partial charge in [-0.3, -0.25) is 4.79 Å². The number of ether oxygens (including phenoxy) is 3. The minimum atomic E-state index is -3.58. The van der Waals surface area contributed by atoms with E-state index in [1.807, 2.05) is 18.2 Å². The van der Waals surface area contributed by atoms with Gasteiger partial charge in [0.25, 0.3) is 5.91 Å². The van der Waals surface area contributed by atoms with E-state index in [0.717, 1.165) is 37.0 Å². The second kappa shape index (κ2) is 8.96. The summed E-state index contributed by atoms with van der Waals surface area (Å²) in [5.74, 6) is 1.14. The molecule has 1 N–H and O–H groups in total. The van der Waals surface area contributed by atoms with Gasteiger partial charge >= 0.3 is 0 Å². The summed E-state index contributed by atoms with van der Waals surface area (Å²) in [4.78, 5) is 13.2. The Bertz CT molecular complexity index is 1140. The van der Waals surface area contributed by atoms with E-state index in [-0.39, 0.29) is 23.0 Å². The van der Waals surface area contributed by atoms with E-state index < -0.39 is 10.0 Å². The zero-order chi connectivity index (χ0) is 22.9. The number of sulfonamides is 1. The van der Waals surface area contributed by atoms with Crippen molar-refractivity contribution in [3.8, 4) is 11.5 Å². The fourth-order valence-corrected chi connectivity index (χ4v) is 6.35. The number of benzene rings is 2. The van der Waals surface area contributed by atoms with E-state index in [4.69, 9.17) is 14.2 Å². The van der Waals surface area contributed by atoms with Gasteiger partial charge in [-0.2, -0.15) is 4.31 Å². The number of carbonyl (C=O) groups excluding carboxylic acids is 1. The maximum atomic E-state index is 13.1. The largest absolute Gasteiger partial charge is 0.454 e. The molecule has 2 fully saturated rings. The number of hydrogen-bond acceptors (Lipinski definition) is 6. The summed E-state index contributed by atoms with van der Waals surface area (Å²) in [5.41, 5.74) is 1.11. The minimum Gasteiger partial charge on any atom is -0.454 e. The molecule has 2 saturated heterocycles. The number of fused-ring (bicyclic) bond motifs is 1. The minimum absolute atomic E-state index is 0.161. The third-order valence-corrected chi connectivity index (χ3v) is 8.72. The summed E-state index contributed by atoms with van der Waals surface area (Å²) < 4.78 is 43.9. The molecule has 9 heteroatoms. The van der Waals surface area contributed by atoms with Crippen molar-refractivity contribution >= 4 is 15.9 Å². The average molecular weight is 473 g/mol. The molecule has 0 radical (unpaired) electrons. The van der Waals surface area contributed by atoms with Gasteiger partial charge in [0, 0.05) is 43.8 Å².